The Hall–Kier alpha value is -1.47. The molecule has 0 aromatic carbocycles. The van der Waals surface area contributed by atoms with Crippen molar-refractivity contribution in [2.45, 2.75) is 19.4 Å². The van der Waals surface area contributed by atoms with Gasteiger partial charge in [0.25, 0.3) is 5.69 Å². The average molecular weight is 342 g/mol. The molecule has 1 unspecified atom stereocenters. The molecule has 100 valence electrons. The largest absolute Gasteiger partial charge is 0.362 e. The highest BCUT2D eigenvalue weighted by molar-refractivity contribution is 9.10. The standard InChI is InChI=1S/C12H12BrN3O2S/c1-2-10(11-4-3-5-19-11)15-12-9(13)6-8(7-14-12)16(17)18/h3-7,10H,2H2,1H3,(H,14,15). The minimum Gasteiger partial charge on any atom is -0.362 e. The minimum atomic E-state index is -0.460. The van der Waals surface area contributed by atoms with Crippen LogP contribution in [0.15, 0.2) is 34.2 Å². The van der Waals surface area contributed by atoms with E-state index >= 15 is 0 Å². The molecule has 0 saturated heterocycles. The van der Waals surface area contributed by atoms with Gasteiger partial charge in [-0.15, -0.1) is 11.3 Å². The Kier molecular flexibility index (Phi) is 4.49. The van der Waals surface area contributed by atoms with Gasteiger partial charge in [0.1, 0.15) is 12.0 Å². The smallest absolute Gasteiger partial charge is 0.288 e. The number of nitrogens with zero attached hydrogens (tertiary/aromatic N) is 2. The molecule has 0 bridgehead atoms. The summed E-state index contributed by atoms with van der Waals surface area (Å²) in [6, 6.07) is 5.68. The van der Waals surface area contributed by atoms with E-state index in [1.807, 2.05) is 11.4 Å². The Morgan fingerprint density at radius 3 is 2.95 bits per heavy atom. The van der Waals surface area contributed by atoms with Crippen LogP contribution in [0, 0.1) is 10.1 Å². The van der Waals surface area contributed by atoms with E-state index in [1.165, 1.54) is 17.1 Å². The van der Waals surface area contributed by atoms with Gasteiger partial charge in [0.15, 0.2) is 0 Å². The zero-order valence-electron chi connectivity index (χ0n) is 10.2. The lowest BCUT2D eigenvalue weighted by molar-refractivity contribution is -0.385. The van der Waals surface area contributed by atoms with E-state index in [1.54, 1.807) is 11.3 Å². The first-order valence-corrected chi connectivity index (χ1v) is 7.39. The van der Waals surface area contributed by atoms with Gasteiger partial charge in [-0.1, -0.05) is 13.0 Å². The zero-order valence-corrected chi connectivity index (χ0v) is 12.6. The van der Waals surface area contributed by atoms with Crippen LogP contribution in [0.4, 0.5) is 11.5 Å². The normalized spacial score (nSPS) is 12.1. The number of rotatable bonds is 5. The van der Waals surface area contributed by atoms with Crippen LogP contribution in [0.25, 0.3) is 0 Å². The van der Waals surface area contributed by atoms with E-state index in [0.717, 1.165) is 6.42 Å². The third-order valence-corrected chi connectivity index (χ3v) is 4.23. The molecule has 1 atom stereocenters. The number of pyridine rings is 1. The predicted octanol–water partition coefficient (Wildman–Crippen LogP) is 4.38. The van der Waals surface area contributed by atoms with Crippen LogP contribution in [0.1, 0.15) is 24.3 Å². The van der Waals surface area contributed by atoms with Crippen molar-refractivity contribution in [1.29, 1.82) is 0 Å². The molecule has 0 saturated carbocycles. The van der Waals surface area contributed by atoms with Crippen LogP contribution in [0.3, 0.4) is 0 Å². The fraction of sp³-hybridized carbons (Fsp3) is 0.250. The van der Waals surface area contributed by atoms with Crippen molar-refractivity contribution >= 4 is 38.8 Å². The van der Waals surface area contributed by atoms with Crippen LogP contribution >= 0.6 is 27.3 Å². The first-order valence-electron chi connectivity index (χ1n) is 5.71. The van der Waals surface area contributed by atoms with Crippen molar-refractivity contribution in [1.82, 2.24) is 4.98 Å². The van der Waals surface area contributed by atoms with E-state index < -0.39 is 4.92 Å². The Balaban J connectivity index is 2.21. The molecule has 2 aromatic rings. The number of nitro groups is 1. The van der Waals surface area contributed by atoms with Crippen LogP contribution in [0.5, 0.6) is 0 Å². The van der Waals surface area contributed by atoms with Gasteiger partial charge in [-0.25, -0.2) is 4.98 Å². The van der Waals surface area contributed by atoms with Gasteiger partial charge in [0, 0.05) is 10.9 Å². The maximum Gasteiger partial charge on any atom is 0.288 e. The second-order valence-electron chi connectivity index (χ2n) is 3.90. The summed E-state index contributed by atoms with van der Waals surface area (Å²) >= 11 is 4.99. The maximum atomic E-state index is 10.7. The number of hydrogen-bond acceptors (Lipinski definition) is 5. The van der Waals surface area contributed by atoms with Crippen LogP contribution in [0.2, 0.25) is 0 Å². The first kappa shape index (κ1) is 14.0. The molecule has 7 heteroatoms. The molecular formula is C12H12BrN3O2S. The molecule has 0 spiro atoms. The van der Waals surface area contributed by atoms with Gasteiger partial charge in [0.2, 0.25) is 0 Å². The second kappa shape index (κ2) is 6.12. The average Bonchev–Trinajstić information content (AvgIpc) is 2.91. The topological polar surface area (TPSA) is 68.1 Å². The Morgan fingerprint density at radius 2 is 2.42 bits per heavy atom. The lowest BCUT2D eigenvalue weighted by atomic mass is 10.2. The fourth-order valence-corrected chi connectivity index (χ4v) is 2.98. The molecule has 0 amide bonds. The highest BCUT2D eigenvalue weighted by atomic mass is 79.9. The van der Waals surface area contributed by atoms with E-state index in [2.05, 4.69) is 39.2 Å². The number of halogens is 1. The summed E-state index contributed by atoms with van der Waals surface area (Å²) in [4.78, 5) is 15.5. The number of hydrogen-bond donors (Lipinski definition) is 1. The Labute approximate surface area is 123 Å². The summed E-state index contributed by atoms with van der Waals surface area (Å²) in [7, 11) is 0. The van der Waals surface area contributed by atoms with Gasteiger partial charge >= 0.3 is 0 Å². The van der Waals surface area contributed by atoms with Gasteiger partial charge in [0.05, 0.1) is 15.4 Å². The number of aromatic nitrogens is 1. The summed E-state index contributed by atoms with van der Waals surface area (Å²) in [5.74, 6) is 0.617. The molecule has 5 nitrogen and oxygen atoms in total. The Bertz CT molecular complexity index is 574. The SMILES string of the molecule is CCC(Nc1ncc([N+](=O)[O-])cc1Br)c1cccs1. The predicted molar refractivity (Wildman–Crippen MR) is 79.6 cm³/mol. The lowest BCUT2D eigenvalue weighted by Gasteiger charge is -2.16. The summed E-state index contributed by atoms with van der Waals surface area (Å²) in [5.41, 5.74) is -0.0263. The van der Waals surface area contributed by atoms with Crippen molar-refractivity contribution in [2.75, 3.05) is 5.32 Å². The lowest BCUT2D eigenvalue weighted by Crippen LogP contribution is -2.10. The van der Waals surface area contributed by atoms with E-state index in [-0.39, 0.29) is 11.7 Å². The first-order chi connectivity index (χ1) is 9.11. The summed E-state index contributed by atoms with van der Waals surface area (Å²) in [5, 5.41) is 16.0. The molecule has 0 aliphatic heterocycles. The second-order valence-corrected chi connectivity index (χ2v) is 5.74. The van der Waals surface area contributed by atoms with Crippen molar-refractivity contribution in [2.24, 2.45) is 0 Å². The Morgan fingerprint density at radius 1 is 1.63 bits per heavy atom. The quantitative estimate of drug-likeness (QED) is 0.647. The van der Waals surface area contributed by atoms with Crippen molar-refractivity contribution in [3.63, 3.8) is 0 Å². The van der Waals surface area contributed by atoms with Crippen molar-refractivity contribution in [3.8, 4) is 0 Å². The highest BCUT2D eigenvalue weighted by Gasteiger charge is 2.15. The summed E-state index contributed by atoms with van der Waals surface area (Å²) in [6.45, 7) is 2.08. The molecule has 0 aliphatic carbocycles. The highest BCUT2D eigenvalue weighted by Crippen LogP contribution is 2.30. The number of anilines is 1. The van der Waals surface area contributed by atoms with E-state index in [4.69, 9.17) is 0 Å². The molecule has 2 rings (SSSR count). The number of thiophene rings is 1. The van der Waals surface area contributed by atoms with E-state index in [0.29, 0.717) is 10.3 Å². The zero-order chi connectivity index (χ0) is 13.8. The fourth-order valence-electron chi connectivity index (χ4n) is 1.66. The maximum absolute atomic E-state index is 10.7. The molecular weight excluding hydrogens is 330 g/mol. The molecule has 0 aliphatic rings. The van der Waals surface area contributed by atoms with Gasteiger partial charge < -0.3 is 5.32 Å². The van der Waals surface area contributed by atoms with Gasteiger partial charge in [-0.2, -0.15) is 0 Å². The third-order valence-electron chi connectivity index (χ3n) is 2.64. The van der Waals surface area contributed by atoms with E-state index in [9.17, 15) is 10.1 Å². The van der Waals surface area contributed by atoms with Crippen molar-refractivity contribution < 1.29 is 4.92 Å². The summed E-state index contributed by atoms with van der Waals surface area (Å²) < 4.78 is 0.594. The van der Waals surface area contributed by atoms with Crippen LogP contribution < -0.4 is 5.32 Å². The molecule has 2 heterocycles. The third kappa shape index (κ3) is 3.30. The van der Waals surface area contributed by atoms with Crippen LogP contribution in [-0.4, -0.2) is 9.91 Å². The molecule has 0 radical (unpaired) electrons. The van der Waals surface area contributed by atoms with Gasteiger partial charge in [-0.05, 0) is 33.8 Å². The molecule has 19 heavy (non-hydrogen) atoms. The van der Waals surface area contributed by atoms with Crippen molar-refractivity contribution in [3.05, 3.63) is 49.2 Å². The van der Waals surface area contributed by atoms with Crippen LogP contribution in [-0.2, 0) is 0 Å². The number of nitrogens with one attached hydrogen (secondary N) is 1. The van der Waals surface area contributed by atoms with Gasteiger partial charge in [-0.3, -0.25) is 10.1 Å². The molecule has 0 fully saturated rings. The monoisotopic (exact) mass is 341 g/mol. The molecule has 2 aromatic heterocycles. The summed E-state index contributed by atoms with van der Waals surface area (Å²) in [6.07, 6.45) is 2.17. The minimum absolute atomic E-state index is 0.0263. The molecule has 1 N–H and O–H groups in total.